The molecule has 4 rings (SSSR count). The van der Waals surface area contributed by atoms with E-state index >= 15 is 0 Å². The molecule has 6 heteroatoms. The van der Waals surface area contributed by atoms with E-state index in [0.717, 1.165) is 29.7 Å². The van der Waals surface area contributed by atoms with Crippen LogP contribution >= 0.6 is 0 Å². The molecule has 0 aromatic heterocycles. The second-order valence-electron chi connectivity index (χ2n) is 11.1. The monoisotopic (exact) mass is 484 g/mol. The summed E-state index contributed by atoms with van der Waals surface area (Å²) < 4.78 is 33.2. The Hall–Kier alpha value is -2.47. The zero-order chi connectivity index (χ0) is 25.2. The molecule has 0 spiro atoms. The zero-order valence-electron chi connectivity index (χ0n) is 21.3. The van der Waals surface area contributed by atoms with Gasteiger partial charge in [-0.05, 0) is 48.3 Å². The molecule has 0 radical (unpaired) electrons. The number of nitrogens with zero attached hydrogens (tertiary/aromatic N) is 1. The van der Waals surface area contributed by atoms with E-state index in [1.165, 1.54) is 5.56 Å². The molecule has 1 N–H and O–H groups in total. The fourth-order valence-corrected chi connectivity index (χ4v) is 5.43. The average molecular weight is 485 g/mol. The van der Waals surface area contributed by atoms with Crippen molar-refractivity contribution >= 4 is 5.91 Å². The van der Waals surface area contributed by atoms with Crippen LogP contribution in [0.2, 0.25) is 0 Å². The topological polar surface area (TPSA) is 41.6 Å². The van der Waals surface area contributed by atoms with E-state index in [-0.39, 0.29) is 55.1 Å². The van der Waals surface area contributed by atoms with Crippen molar-refractivity contribution < 1.29 is 18.3 Å². The molecule has 2 aromatic rings. The average Bonchev–Trinajstić information content (AvgIpc) is 3.26. The zero-order valence-corrected chi connectivity index (χ0v) is 21.3. The Labute approximate surface area is 208 Å². The molecule has 1 saturated carbocycles. The van der Waals surface area contributed by atoms with E-state index in [1.54, 1.807) is 7.11 Å². The summed E-state index contributed by atoms with van der Waals surface area (Å²) in [5.74, 6) is -2.18. The summed E-state index contributed by atoms with van der Waals surface area (Å²) in [4.78, 5) is 15.7. The Morgan fingerprint density at radius 2 is 1.74 bits per heavy atom. The van der Waals surface area contributed by atoms with Crippen LogP contribution < -0.4 is 10.1 Å². The lowest BCUT2D eigenvalue weighted by atomic mass is 9.85. The highest BCUT2D eigenvalue weighted by Gasteiger charge is 2.44. The number of likely N-dealkylation sites (tertiary alicyclic amines) is 1. The third-order valence-electron chi connectivity index (χ3n) is 7.56. The van der Waals surface area contributed by atoms with Crippen LogP contribution in [0, 0.1) is 5.92 Å². The van der Waals surface area contributed by atoms with E-state index in [2.05, 4.69) is 50.4 Å². The first-order valence-electron chi connectivity index (χ1n) is 12.7. The predicted molar refractivity (Wildman–Crippen MR) is 134 cm³/mol. The number of hydrogen-bond donors (Lipinski definition) is 1. The lowest BCUT2D eigenvalue weighted by Gasteiger charge is -2.36. The predicted octanol–water partition coefficient (Wildman–Crippen LogP) is 6.60. The quantitative estimate of drug-likeness (QED) is 0.502. The minimum absolute atomic E-state index is 0.000222. The first-order valence-corrected chi connectivity index (χ1v) is 12.7. The van der Waals surface area contributed by atoms with Gasteiger partial charge in [-0.2, -0.15) is 0 Å². The Bertz CT molecular complexity index is 1010. The van der Waals surface area contributed by atoms with Crippen molar-refractivity contribution in [2.75, 3.05) is 7.11 Å². The maximum atomic E-state index is 13.8. The number of ether oxygens (including phenoxy) is 1. The second-order valence-corrected chi connectivity index (χ2v) is 11.1. The Kier molecular flexibility index (Phi) is 7.51. The molecule has 190 valence electrons. The van der Waals surface area contributed by atoms with Crippen LogP contribution in [0.1, 0.15) is 82.0 Å². The van der Waals surface area contributed by atoms with Crippen LogP contribution in [0.3, 0.4) is 0 Å². The van der Waals surface area contributed by atoms with Crippen molar-refractivity contribution in [3.05, 3.63) is 65.2 Å². The first-order chi connectivity index (χ1) is 16.6. The number of rotatable bonds is 6. The Balaban J connectivity index is 1.56. The summed E-state index contributed by atoms with van der Waals surface area (Å²) in [6.45, 7) is 7.11. The van der Waals surface area contributed by atoms with Crippen molar-refractivity contribution in [1.29, 1.82) is 0 Å². The molecular weight excluding hydrogens is 446 g/mol. The molecule has 2 atom stereocenters. The van der Waals surface area contributed by atoms with Gasteiger partial charge in [0.15, 0.2) is 0 Å². The highest BCUT2D eigenvalue weighted by atomic mass is 19.3. The number of nitrogens with one attached hydrogen (secondary N) is 1. The fourth-order valence-electron chi connectivity index (χ4n) is 5.43. The van der Waals surface area contributed by atoms with Gasteiger partial charge in [0, 0.05) is 30.9 Å². The van der Waals surface area contributed by atoms with Gasteiger partial charge in [-0.3, -0.25) is 10.1 Å². The lowest BCUT2D eigenvalue weighted by molar-refractivity contribution is -0.143. The van der Waals surface area contributed by atoms with Gasteiger partial charge < -0.3 is 9.64 Å². The van der Waals surface area contributed by atoms with Crippen LogP contribution in [0.4, 0.5) is 8.78 Å². The molecule has 1 saturated heterocycles. The third kappa shape index (κ3) is 5.85. The van der Waals surface area contributed by atoms with E-state index < -0.39 is 5.92 Å². The van der Waals surface area contributed by atoms with E-state index in [1.807, 2.05) is 29.2 Å². The summed E-state index contributed by atoms with van der Waals surface area (Å²) in [6.07, 6.45) is 1.59. The number of halogens is 2. The summed E-state index contributed by atoms with van der Waals surface area (Å²) >= 11 is 0. The van der Waals surface area contributed by atoms with Gasteiger partial charge in [0.05, 0.1) is 19.3 Å². The summed E-state index contributed by atoms with van der Waals surface area (Å²) in [7, 11) is 1.67. The number of amides is 1. The Morgan fingerprint density at radius 1 is 1.06 bits per heavy atom. The number of alkyl halides is 2. The van der Waals surface area contributed by atoms with Crippen molar-refractivity contribution in [3.63, 3.8) is 0 Å². The third-order valence-corrected chi connectivity index (χ3v) is 7.56. The molecule has 1 heterocycles. The normalized spacial score (nSPS) is 22.9. The molecule has 35 heavy (non-hydrogen) atoms. The highest BCUT2D eigenvalue weighted by Crippen LogP contribution is 2.41. The molecule has 1 amide bonds. The summed E-state index contributed by atoms with van der Waals surface area (Å²) in [5.41, 5.74) is 3.38. The van der Waals surface area contributed by atoms with E-state index in [0.29, 0.717) is 6.54 Å². The van der Waals surface area contributed by atoms with E-state index in [9.17, 15) is 13.6 Å². The maximum absolute atomic E-state index is 13.8. The van der Waals surface area contributed by atoms with Gasteiger partial charge in [0.2, 0.25) is 11.8 Å². The summed E-state index contributed by atoms with van der Waals surface area (Å²) in [5, 5.41) is 3.61. The summed E-state index contributed by atoms with van der Waals surface area (Å²) in [6, 6.07) is 16.3. The SMILES string of the molecule is COc1ccc(C(C)(C)C)cc1CNC1CCC(c2ccccc2)N1C(=O)C1CCC(F)(F)CC1. The largest absolute Gasteiger partial charge is 0.496 e. The van der Waals surface area contributed by atoms with Gasteiger partial charge in [-0.15, -0.1) is 0 Å². The molecule has 1 aliphatic heterocycles. The molecule has 1 aliphatic carbocycles. The van der Waals surface area contributed by atoms with E-state index in [4.69, 9.17) is 4.74 Å². The van der Waals surface area contributed by atoms with Crippen LogP contribution in [-0.2, 0) is 16.8 Å². The lowest BCUT2D eigenvalue weighted by Crippen LogP contribution is -2.48. The second kappa shape index (κ2) is 10.3. The van der Waals surface area contributed by atoms with Crippen LogP contribution in [0.25, 0.3) is 0 Å². The van der Waals surface area contributed by atoms with Gasteiger partial charge in [-0.25, -0.2) is 8.78 Å². The number of benzene rings is 2. The molecule has 2 aliphatic rings. The number of methoxy groups -OCH3 is 1. The van der Waals surface area contributed by atoms with Crippen LogP contribution in [0.5, 0.6) is 5.75 Å². The maximum Gasteiger partial charge on any atom is 0.248 e. The first kappa shape index (κ1) is 25.6. The number of carbonyl (C=O) groups excluding carboxylic acids is 1. The van der Waals surface area contributed by atoms with Crippen molar-refractivity contribution in [2.24, 2.45) is 5.92 Å². The van der Waals surface area contributed by atoms with Gasteiger partial charge in [0.25, 0.3) is 0 Å². The molecule has 0 bridgehead atoms. The molecule has 2 fully saturated rings. The van der Waals surface area contributed by atoms with Crippen LogP contribution in [0.15, 0.2) is 48.5 Å². The molecule has 2 unspecified atom stereocenters. The Morgan fingerprint density at radius 3 is 2.37 bits per heavy atom. The highest BCUT2D eigenvalue weighted by molar-refractivity contribution is 5.80. The van der Waals surface area contributed by atoms with Crippen molar-refractivity contribution in [2.45, 2.75) is 89.4 Å². The standard InChI is InChI=1S/C29H38F2N2O2/c1-28(2,3)23-10-12-25(35-4)22(18-23)19-32-26-13-11-24(20-8-6-5-7-9-20)33(26)27(34)21-14-16-29(30,31)17-15-21/h5-10,12,18,21,24,26,32H,11,13-17,19H2,1-4H3. The number of carbonyl (C=O) groups is 1. The minimum atomic E-state index is -2.65. The van der Waals surface area contributed by atoms with Crippen molar-refractivity contribution in [1.82, 2.24) is 10.2 Å². The van der Waals surface area contributed by atoms with Gasteiger partial charge in [0.1, 0.15) is 5.75 Å². The van der Waals surface area contributed by atoms with Crippen LogP contribution in [-0.4, -0.2) is 30.0 Å². The van der Waals surface area contributed by atoms with Crippen molar-refractivity contribution in [3.8, 4) is 5.75 Å². The molecular formula is C29H38F2N2O2. The minimum Gasteiger partial charge on any atom is -0.496 e. The smallest absolute Gasteiger partial charge is 0.248 e. The fraction of sp³-hybridized carbons (Fsp3) is 0.552. The van der Waals surface area contributed by atoms with Gasteiger partial charge >= 0.3 is 0 Å². The molecule has 2 aromatic carbocycles. The number of hydrogen-bond acceptors (Lipinski definition) is 3. The molecule has 4 nitrogen and oxygen atoms in total. The van der Waals surface area contributed by atoms with Gasteiger partial charge in [-0.1, -0.05) is 63.2 Å².